The molecule has 3 aromatic rings. The molecular formula is C31H38F3N3O2S. The molecule has 1 fully saturated rings. The minimum atomic E-state index is -4.51. The fraction of sp³-hybridized carbons (Fsp3) is 0.484. The molecule has 1 aliphatic carbocycles. The molecule has 0 amide bonds. The van der Waals surface area contributed by atoms with Crippen molar-refractivity contribution in [2.24, 2.45) is 0 Å². The van der Waals surface area contributed by atoms with E-state index < -0.39 is 21.6 Å². The standard InChI is InChI=1S/C31H38F3N3O2S/c32-31(33,34)25-10-14-28(15-11-25)40(38,39)27-12-8-23(9-13-27)19-35-21-26-18-24-20-36-22-30(29(24)37-26)16-6-4-2-1-3-5-7-17-30/h8-15,18,35-37H,1-7,16-17,19-22H2. The number of aromatic amines is 1. The summed E-state index contributed by atoms with van der Waals surface area (Å²) < 4.78 is 64.3. The number of benzene rings is 2. The van der Waals surface area contributed by atoms with E-state index in [2.05, 4.69) is 21.7 Å². The van der Waals surface area contributed by atoms with Gasteiger partial charge < -0.3 is 15.6 Å². The van der Waals surface area contributed by atoms with E-state index in [9.17, 15) is 21.6 Å². The van der Waals surface area contributed by atoms with Crippen molar-refractivity contribution in [2.45, 2.75) is 98.8 Å². The van der Waals surface area contributed by atoms with Crippen molar-refractivity contribution in [2.75, 3.05) is 6.54 Å². The molecule has 216 valence electrons. The molecule has 0 saturated heterocycles. The first-order chi connectivity index (χ1) is 19.2. The van der Waals surface area contributed by atoms with Gasteiger partial charge in [0.25, 0.3) is 0 Å². The summed E-state index contributed by atoms with van der Waals surface area (Å²) in [4.78, 5) is 3.66. The van der Waals surface area contributed by atoms with Crippen molar-refractivity contribution >= 4 is 9.84 Å². The van der Waals surface area contributed by atoms with Crippen LogP contribution in [0.25, 0.3) is 0 Å². The van der Waals surface area contributed by atoms with E-state index in [-0.39, 0.29) is 15.2 Å². The lowest BCUT2D eigenvalue weighted by Gasteiger charge is -2.38. The average Bonchev–Trinajstić information content (AvgIpc) is 3.37. The predicted octanol–water partition coefficient (Wildman–Crippen LogP) is 7.02. The molecule has 0 unspecified atom stereocenters. The molecule has 0 radical (unpaired) electrons. The molecule has 2 heterocycles. The average molecular weight is 574 g/mol. The zero-order valence-electron chi connectivity index (χ0n) is 22.7. The van der Waals surface area contributed by atoms with Crippen molar-refractivity contribution in [3.63, 3.8) is 0 Å². The maximum absolute atomic E-state index is 12.9. The summed E-state index contributed by atoms with van der Waals surface area (Å²) in [5.74, 6) is 0. The zero-order chi connectivity index (χ0) is 28.2. The Bertz CT molecular complexity index is 1370. The Morgan fingerprint density at radius 2 is 1.38 bits per heavy atom. The van der Waals surface area contributed by atoms with Crippen LogP contribution in [-0.2, 0) is 41.1 Å². The summed E-state index contributed by atoms with van der Waals surface area (Å²) in [5.41, 5.74) is 4.19. The molecule has 0 atom stereocenters. The topological polar surface area (TPSA) is 74.0 Å². The minimum Gasteiger partial charge on any atom is -0.360 e. The largest absolute Gasteiger partial charge is 0.416 e. The highest BCUT2D eigenvalue weighted by Crippen LogP contribution is 2.40. The number of alkyl halides is 3. The van der Waals surface area contributed by atoms with E-state index in [1.165, 1.54) is 81.2 Å². The van der Waals surface area contributed by atoms with E-state index >= 15 is 0 Å². The lowest BCUT2D eigenvalue weighted by molar-refractivity contribution is -0.137. The Hall–Kier alpha value is -2.62. The smallest absolute Gasteiger partial charge is 0.360 e. The molecular weight excluding hydrogens is 535 g/mol. The molecule has 9 heteroatoms. The van der Waals surface area contributed by atoms with Crippen LogP contribution >= 0.6 is 0 Å². The maximum atomic E-state index is 12.9. The maximum Gasteiger partial charge on any atom is 0.416 e. The molecule has 5 nitrogen and oxygen atoms in total. The van der Waals surface area contributed by atoms with E-state index in [0.29, 0.717) is 13.1 Å². The first-order valence-corrected chi connectivity index (χ1v) is 15.8. The summed E-state index contributed by atoms with van der Waals surface area (Å²) in [6.45, 7) is 3.17. The number of hydrogen-bond acceptors (Lipinski definition) is 4. The highest BCUT2D eigenvalue weighted by molar-refractivity contribution is 7.91. The van der Waals surface area contributed by atoms with Gasteiger partial charge in [0, 0.05) is 43.0 Å². The Kier molecular flexibility index (Phi) is 8.73. The number of nitrogens with one attached hydrogen (secondary N) is 3. The Balaban J connectivity index is 1.21. The van der Waals surface area contributed by atoms with Crippen LogP contribution in [0.5, 0.6) is 0 Å². The van der Waals surface area contributed by atoms with Gasteiger partial charge in [0.05, 0.1) is 15.4 Å². The molecule has 5 rings (SSSR count). The third-order valence-electron chi connectivity index (χ3n) is 8.45. The minimum absolute atomic E-state index is 0.0524. The second-order valence-corrected chi connectivity index (χ2v) is 13.3. The quantitative estimate of drug-likeness (QED) is 0.296. The molecule has 1 saturated carbocycles. The fourth-order valence-electron chi connectivity index (χ4n) is 6.24. The van der Waals surface area contributed by atoms with Crippen LogP contribution in [0.2, 0.25) is 0 Å². The molecule has 2 aromatic carbocycles. The summed E-state index contributed by atoms with van der Waals surface area (Å²) in [6, 6.07) is 12.4. The molecule has 1 spiro atoms. The Morgan fingerprint density at radius 1 is 0.800 bits per heavy atom. The van der Waals surface area contributed by atoms with E-state index in [1.807, 2.05) is 0 Å². The monoisotopic (exact) mass is 573 g/mol. The van der Waals surface area contributed by atoms with Gasteiger partial charge in [-0.3, -0.25) is 0 Å². The van der Waals surface area contributed by atoms with Crippen LogP contribution in [-0.4, -0.2) is 19.9 Å². The number of aromatic nitrogens is 1. The van der Waals surface area contributed by atoms with Gasteiger partial charge in [0.2, 0.25) is 9.84 Å². The highest BCUT2D eigenvalue weighted by atomic mass is 32.2. The number of fused-ring (bicyclic) bond motifs is 2. The van der Waals surface area contributed by atoms with Gasteiger partial charge in [-0.1, -0.05) is 57.1 Å². The Labute approximate surface area is 234 Å². The summed E-state index contributed by atoms with van der Waals surface area (Å²) in [5, 5.41) is 7.14. The summed E-state index contributed by atoms with van der Waals surface area (Å²) >= 11 is 0. The second-order valence-electron chi connectivity index (χ2n) is 11.3. The van der Waals surface area contributed by atoms with Gasteiger partial charge in [-0.25, -0.2) is 8.42 Å². The van der Waals surface area contributed by atoms with Crippen LogP contribution in [0.4, 0.5) is 13.2 Å². The lowest BCUT2D eigenvalue weighted by Crippen LogP contribution is -2.43. The first kappa shape index (κ1) is 28.9. The van der Waals surface area contributed by atoms with E-state index in [0.717, 1.165) is 48.6 Å². The van der Waals surface area contributed by atoms with Crippen molar-refractivity contribution < 1.29 is 21.6 Å². The molecule has 0 bridgehead atoms. The molecule has 1 aromatic heterocycles. The van der Waals surface area contributed by atoms with Crippen molar-refractivity contribution in [1.82, 2.24) is 15.6 Å². The van der Waals surface area contributed by atoms with Gasteiger partial charge in [0.1, 0.15) is 0 Å². The number of halogens is 3. The van der Waals surface area contributed by atoms with Gasteiger partial charge >= 0.3 is 6.18 Å². The van der Waals surface area contributed by atoms with Crippen molar-refractivity contribution in [3.05, 3.63) is 82.7 Å². The van der Waals surface area contributed by atoms with Gasteiger partial charge in [-0.2, -0.15) is 13.2 Å². The van der Waals surface area contributed by atoms with Crippen LogP contribution in [0.15, 0.2) is 64.4 Å². The first-order valence-electron chi connectivity index (χ1n) is 14.3. The summed E-state index contributed by atoms with van der Waals surface area (Å²) in [6.07, 6.45) is 7.18. The lowest BCUT2D eigenvalue weighted by atomic mass is 9.72. The van der Waals surface area contributed by atoms with Crippen LogP contribution in [0.3, 0.4) is 0 Å². The third-order valence-corrected chi connectivity index (χ3v) is 10.2. The van der Waals surface area contributed by atoms with Crippen molar-refractivity contribution in [1.29, 1.82) is 0 Å². The zero-order valence-corrected chi connectivity index (χ0v) is 23.6. The predicted molar refractivity (Wildman–Crippen MR) is 150 cm³/mol. The number of hydrogen-bond donors (Lipinski definition) is 3. The van der Waals surface area contributed by atoms with Crippen molar-refractivity contribution in [3.8, 4) is 0 Å². The SMILES string of the molecule is O=S(=O)(c1ccc(CNCc2cc3c([nH]2)C2(CCCCCCCCC2)CNC3)cc1)c1ccc(C(F)(F)F)cc1. The molecule has 3 N–H and O–H groups in total. The van der Waals surface area contributed by atoms with E-state index in [1.54, 1.807) is 12.1 Å². The van der Waals surface area contributed by atoms with Gasteiger partial charge in [-0.15, -0.1) is 0 Å². The molecule has 1 aliphatic heterocycles. The van der Waals surface area contributed by atoms with Gasteiger partial charge in [0.15, 0.2) is 0 Å². The molecule has 40 heavy (non-hydrogen) atoms. The number of H-pyrrole nitrogens is 1. The fourth-order valence-corrected chi connectivity index (χ4v) is 7.50. The van der Waals surface area contributed by atoms with E-state index in [4.69, 9.17) is 0 Å². The second kappa shape index (κ2) is 12.1. The van der Waals surface area contributed by atoms with Crippen LogP contribution < -0.4 is 10.6 Å². The van der Waals surface area contributed by atoms with Gasteiger partial charge in [-0.05, 0) is 66.4 Å². The Morgan fingerprint density at radius 3 is 1.98 bits per heavy atom. The van der Waals surface area contributed by atoms with Crippen LogP contribution in [0.1, 0.15) is 85.9 Å². The molecule has 2 aliphatic rings. The normalized spacial score (nSPS) is 18.4. The number of rotatable bonds is 6. The third kappa shape index (κ3) is 6.47. The van der Waals surface area contributed by atoms with Crippen LogP contribution in [0, 0.1) is 0 Å². The summed E-state index contributed by atoms with van der Waals surface area (Å²) in [7, 11) is -3.91. The highest BCUT2D eigenvalue weighted by Gasteiger charge is 2.37. The number of sulfone groups is 1.